The molecule has 1 amide bonds. The van der Waals surface area contributed by atoms with E-state index in [1.54, 1.807) is 30.3 Å². The molecule has 7 heteroatoms. The normalized spacial score (nSPS) is 10.3. The van der Waals surface area contributed by atoms with Crippen molar-refractivity contribution in [2.24, 2.45) is 0 Å². The van der Waals surface area contributed by atoms with Crippen LogP contribution in [0.5, 0.6) is 0 Å². The average Bonchev–Trinajstić information content (AvgIpc) is 3.09. The number of carbonyl (C=O) groups is 4. The lowest BCUT2D eigenvalue weighted by atomic mass is 10.1. The maximum Gasteiger partial charge on any atom is 0.306 e. The smallest absolute Gasteiger partial charge is 0.306 e. The third-order valence-corrected chi connectivity index (χ3v) is 4.79. The maximum absolute atomic E-state index is 12.1. The lowest BCUT2D eigenvalue weighted by molar-refractivity contribution is -0.142. The topological polar surface area (TPSA) is 89.5 Å². The Morgan fingerprint density at radius 3 is 2.26 bits per heavy atom. The molecule has 0 saturated heterocycles. The Hall–Kier alpha value is -2.80. The quantitative estimate of drug-likeness (QED) is 0.528. The standard InChI is InChI=1S/C20H21NO5S/c1-13-3-9-19(27-13)17(23)8-10-20(25)26-12-18(24)16-6-4-15(5-7-16)11-21-14(2)22/h3-7,9H,8,10-12H2,1-2H3,(H,21,22). The van der Waals surface area contributed by atoms with Crippen LogP contribution >= 0.6 is 11.3 Å². The molecule has 1 aromatic carbocycles. The zero-order valence-electron chi connectivity index (χ0n) is 15.2. The summed E-state index contributed by atoms with van der Waals surface area (Å²) in [7, 11) is 0. The summed E-state index contributed by atoms with van der Waals surface area (Å²) in [5.74, 6) is -1.14. The molecule has 0 aliphatic rings. The van der Waals surface area contributed by atoms with Crippen molar-refractivity contribution in [3.63, 3.8) is 0 Å². The number of esters is 1. The molecule has 0 atom stereocenters. The van der Waals surface area contributed by atoms with Gasteiger partial charge in [0.2, 0.25) is 5.91 Å². The van der Waals surface area contributed by atoms with Gasteiger partial charge in [0.05, 0.1) is 11.3 Å². The Bertz CT molecular complexity index is 838. The van der Waals surface area contributed by atoms with E-state index in [9.17, 15) is 19.2 Å². The largest absolute Gasteiger partial charge is 0.457 e. The van der Waals surface area contributed by atoms with Crippen LogP contribution in [0.25, 0.3) is 0 Å². The number of aryl methyl sites for hydroxylation is 1. The van der Waals surface area contributed by atoms with Crippen molar-refractivity contribution in [3.05, 3.63) is 57.3 Å². The van der Waals surface area contributed by atoms with Crippen LogP contribution in [-0.2, 0) is 20.9 Å². The van der Waals surface area contributed by atoms with Crippen molar-refractivity contribution < 1.29 is 23.9 Å². The fraction of sp³-hybridized carbons (Fsp3) is 0.300. The number of benzene rings is 1. The molecule has 0 aliphatic heterocycles. The first-order chi connectivity index (χ1) is 12.8. The van der Waals surface area contributed by atoms with Gasteiger partial charge in [0, 0.05) is 30.3 Å². The van der Waals surface area contributed by atoms with Crippen LogP contribution in [0.3, 0.4) is 0 Å². The maximum atomic E-state index is 12.1. The number of thiophene rings is 1. The van der Waals surface area contributed by atoms with Crippen LogP contribution in [0.1, 0.15) is 50.2 Å². The summed E-state index contributed by atoms with van der Waals surface area (Å²) in [6, 6.07) is 10.3. The van der Waals surface area contributed by atoms with Crippen molar-refractivity contribution >= 4 is 34.8 Å². The van der Waals surface area contributed by atoms with Gasteiger partial charge in [-0.3, -0.25) is 19.2 Å². The molecule has 0 aliphatic carbocycles. The molecular weight excluding hydrogens is 366 g/mol. The summed E-state index contributed by atoms with van der Waals surface area (Å²) in [5, 5.41) is 2.67. The summed E-state index contributed by atoms with van der Waals surface area (Å²) >= 11 is 1.39. The predicted molar refractivity (Wildman–Crippen MR) is 102 cm³/mol. The molecular formula is C20H21NO5S. The van der Waals surface area contributed by atoms with Crippen molar-refractivity contribution in [1.82, 2.24) is 5.32 Å². The summed E-state index contributed by atoms with van der Waals surface area (Å²) in [4.78, 5) is 48.3. The summed E-state index contributed by atoms with van der Waals surface area (Å²) < 4.78 is 4.96. The van der Waals surface area contributed by atoms with Crippen LogP contribution in [0.4, 0.5) is 0 Å². The first-order valence-electron chi connectivity index (χ1n) is 8.47. The van der Waals surface area contributed by atoms with Crippen LogP contribution < -0.4 is 5.32 Å². The van der Waals surface area contributed by atoms with Crippen molar-refractivity contribution in [1.29, 1.82) is 0 Å². The number of amides is 1. The Morgan fingerprint density at radius 2 is 1.67 bits per heavy atom. The predicted octanol–water partition coefficient (Wildman–Crippen LogP) is 3.08. The molecule has 0 fully saturated rings. The summed E-state index contributed by atoms with van der Waals surface area (Å²) in [5.41, 5.74) is 1.28. The first-order valence-corrected chi connectivity index (χ1v) is 9.28. The molecule has 6 nitrogen and oxygen atoms in total. The SMILES string of the molecule is CC(=O)NCc1ccc(C(=O)COC(=O)CCC(=O)c2ccc(C)s2)cc1. The van der Waals surface area contributed by atoms with E-state index in [-0.39, 0.29) is 36.9 Å². The van der Waals surface area contributed by atoms with Crippen LogP contribution in [0.15, 0.2) is 36.4 Å². The van der Waals surface area contributed by atoms with Gasteiger partial charge in [-0.1, -0.05) is 24.3 Å². The van der Waals surface area contributed by atoms with Gasteiger partial charge in [-0.15, -0.1) is 11.3 Å². The zero-order valence-corrected chi connectivity index (χ0v) is 16.1. The van der Waals surface area contributed by atoms with E-state index in [0.717, 1.165) is 10.4 Å². The molecule has 142 valence electrons. The van der Waals surface area contributed by atoms with Gasteiger partial charge < -0.3 is 10.1 Å². The zero-order chi connectivity index (χ0) is 19.8. The van der Waals surface area contributed by atoms with Gasteiger partial charge in [-0.05, 0) is 24.6 Å². The van der Waals surface area contributed by atoms with E-state index in [1.807, 2.05) is 13.0 Å². The Balaban J connectivity index is 1.75. The van der Waals surface area contributed by atoms with Gasteiger partial charge in [0.15, 0.2) is 18.2 Å². The number of hydrogen-bond acceptors (Lipinski definition) is 6. The van der Waals surface area contributed by atoms with E-state index in [1.165, 1.54) is 18.3 Å². The van der Waals surface area contributed by atoms with Gasteiger partial charge in [0.25, 0.3) is 0 Å². The molecule has 2 rings (SSSR count). The number of rotatable bonds is 9. The number of Topliss-reactive ketones (excluding diaryl/α,β-unsaturated/α-hetero) is 2. The molecule has 1 N–H and O–H groups in total. The summed E-state index contributed by atoms with van der Waals surface area (Å²) in [6.07, 6.45) is 0.00351. The summed E-state index contributed by atoms with van der Waals surface area (Å²) in [6.45, 7) is 3.36. The highest BCUT2D eigenvalue weighted by Gasteiger charge is 2.14. The van der Waals surface area contributed by atoms with Gasteiger partial charge in [-0.2, -0.15) is 0 Å². The first kappa shape index (κ1) is 20.5. The molecule has 1 heterocycles. The van der Waals surface area contributed by atoms with Crippen LogP contribution in [0, 0.1) is 6.92 Å². The van der Waals surface area contributed by atoms with E-state index < -0.39 is 5.97 Å². The number of ether oxygens (including phenoxy) is 1. The third kappa shape index (κ3) is 6.79. The number of carbonyl (C=O) groups excluding carboxylic acids is 4. The minimum atomic E-state index is -0.577. The van der Waals surface area contributed by atoms with Crippen molar-refractivity contribution in [2.45, 2.75) is 33.2 Å². The second kappa shape index (κ2) is 9.78. The minimum Gasteiger partial charge on any atom is -0.457 e. The van der Waals surface area contributed by atoms with Gasteiger partial charge in [-0.25, -0.2) is 0 Å². The van der Waals surface area contributed by atoms with E-state index in [4.69, 9.17) is 4.74 Å². The molecule has 0 unspecified atom stereocenters. The Kier molecular flexibility index (Phi) is 7.43. The van der Waals surface area contributed by atoms with E-state index in [0.29, 0.717) is 17.0 Å². The van der Waals surface area contributed by atoms with Crippen LogP contribution in [-0.4, -0.2) is 30.0 Å². The Morgan fingerprint density at radius 1 is 0.963 bits per heavy atom. The fourth-order valence-corrected chi connectivity index (χ4v) is 3.09. The molecule has 0 radical (unpaired) electrons. The van der Waals surface area contributed by atoms with E-state index in [2.05, 4.69) is 5.32 Å². The minimum absolute atomic E-state index is 0.0568. The number of hydrogen-bond donors (Lipinski definition) is 1. The second-order valence-corrected chi connectivity index (χ2v) is 7.31. The molecule has 2 aromatic rings. The van der Waals surface area contributed by atoms with Gasteiger partial charge >= 0.3 is 5.97 Å². The lowest BCUT2D eigenvalue weighted by Crippen LogP contribution is -2.19. The van der Waals surface area contributed by atoms with Crippen molar-refractivity contribution in [2.75, 3.05) is 6.61 Å². The highest BCUT2D eigenvalue weighted by molar-refractivity contribution is 7.14. The lowest BCUT2D eigenvalue weighted by Gasteiger charge is -2.06. The average molecular weight is 387 g/mol. The molecule has 0 saturated carbocycles. The Labute approximate surface area is 161 Å². The van der Waals surface area contributed by atoms with E-state index >= 15 is 0 Å². The van der Waals surface area contributed by atoms with Gasteiger partial charge in [0.1, 0.15) is 0 Å². The molecule has 0 bridgehead atoms. The fourth-order valence-electron chi connectivity index (χ4n) is 2.26. The van der Waals surface area contributed by atoms with Crippen LogP contribution in [0.2, 0.25) is 0 Å². The molecule has 27 heavy (non-hydrogen) atoms. The highest BCUT2D eigenvalue weighted by Crippen LogP contribution is 2.17. The second-order valence-electron chi connectivity index (χ2n) is 6.02. The highest BCUT2D eigenvalue weighted by atomic mass is 32.1. The molecule has 1 aromatic heterocycles. The molecule has 0 spiro atoms. The number of ketones is 2. The third-order valence-electron chi connectivity index (χ3n) is 3.75. The number of nitrogens with one attached hydrogen (secondary N) is 1. The monoisotopic (exact) mass is 387 g/mol. The van der Waals surface area contributed by atoms with Crippen molar-refractivity contribution in [3.8, 4) is 0 Å².